The molecule has 2 aromatic rings. The number of carbonyl (C=O) groups excluding carboxylic acids is 2. The molecular weight excluding hydrogens is 746 g/mol. The number of nitrogens with one attached hydrogen (secondary N) is 1. The number of allylic oxidation sites excluding steroid dienone is 1. The summed E-state index contributed by atoms with van der Waals surface area (Å²) in [5.74, 6) is -0.371. The van der Waals surface area contributed by atoms with Crippen LogP contribution in [0, 0.1) is 17.8 Å². The Kier molecular flexibility index (Phi) is 16.3. The van der Waals surface area contributed by atoms with Gasteiger partial charge in [0.1, 0.15) is 35.6 Å². The van der Waals surface area contributed by atoms with Crippen LogP contribution in [0.3, 0.4) is 0 Å². The Morgan fingerprint density at radius 3 is 2.43 bits per heavy atom. The van der Waals surface area contributed by atoms with Gasteiger partial charge in [0.05, 0.1) is 44.8 Å². The first kappa shape index (κ1) is 44.3. The lowest BCUT2D eigenvalue weighted by Gasteiger charge is -2.59. The number of hydrogen-bond acceptors (Lipinski definition) is 12. The van der Waals surface area contributed by atoms with E-state index in [-0.39, 0.29) is 50.6 Å². The molecule has 0 bridgehead atoms. The van der Waals surface area contributed by atoms with E-state index in [0.29, 0.717) is 66.8 Å². The normalized spacial score (nSPS) is 23.7. The predicted molar refractivity (Wildman–Crippen MR) is 220 cm³/mol. The van der Waals surface area contributed by atoms with Gasteiger partial charge >= 0.3 is 12.2 Å². The third kappa shape index (κ3) is 9.73. The lowest BCUT2D eigenvalue weighted by molar-refractivity contribution is -0.255. The molecular formula is C44H61N3O11. The monoisotopic (exact) mass is 807 g/mol. The van der Waals surface area contributed by atoms with Crippen molar-refractivity contribution in [2.24, 2.45) is 22.9 Å². The molecule has 0 spiro atoms. The molecule has 2 amide bonds. The number of nitrogens with zero attached hydrogens (tertiary/aromatic N) is 2. The number of ether oxygens (including phenoxy) is 6. The van der Waals surface area contributed by atoms with Gasteiger partial charge in [0.2, 0.25) is 5.79 Å². The molecule has 3 aliphatic rings. The summed E-state index contributed by atoms with van der Waals surface area (Å²) in [6.07, 6.45) is 8.07. The molecule has 58 heavy (non-hydrogen) atoms. The zero-order chi connectivity index (χ0) is 41.7. The van der Waals surface area contributed by atoms with Gasteiger partial charge in [0.15, 0.2) is 0 Å². The van der Waals surface area contributed by atoms with Crippen molar-refractivity contribution in [3.05, 3.63) is 66.3 Å². The molecule has 6 atom stereocenters. The summed E-state index contributed by atoms with van der Waals surface area (Å²) < 4.78 is 36.5. The first-order valence-corrected chi connectivity index (χ1v) is 20.6. The number of aliphatic hydroxyl groups is 2. The van der Waals surface area contributed by atoms with Crippen LogP contribution in [-0.4, -0.2) is 98.6 Å². The molecule has 3 N–H and O–H groups in total. The summed E-state index contributed by atoms with van der Waals surface area (Å²) in [7, 11) is 3.05. The molecule has 0 saturated heterocycles. The number of amides is 2. The third-order valence-corrected chi connectivity index (χ3v) is 11.1. The highest BCUT2D eigenvalue weighted by molar-refractivity contribution is 6.03. The van der Waals surface area contributed by atoms with Crippen molar-refractivity contribution in [3.8, 4) is 23.0 Å². The zero-order valence-corrected chi connectivity index (χ0v) is 34.6. The Morgan fingerprint density at radius 1 is 1.00 bits per heavy atom. The highest BCUT2D eigenvalue weighted by Gasteiger charge is 2.65. The van der Waals surface area contributed by atoms with E-state index in [0.717, 1.165) is 36.8 Å². The van der Waals surface area contributed by atoms with Gasteiger partial charge in [-0.05, 0) is 93.7 Å². The lowest BCUT2D eigenvalue weighted by Crippen LogP contribution is -2.70. The summed E-state index contributed by atoms with van der Waals surface area (Å²) in [5, 5.41) is 27.2. The summed E-state index contributed by atoms with van der Waals surface area (Å²) in [5.41, 5.74) is 2.82. The van der Waals surface area contributed by atoms with Crippen LogP contribution in [0.5, 0.6) is 23.0 Å². The number of rotatable bonds is 21. The standard InChI is InChI=1S/C44H61N3O11/c1-7-21-47(43(51)54-9-3)39-28-36(46-56-10-4)33-25-29(15-11-13-22-48)32(16-12-14-23-49)40-34-26-31(18-20-37(34)58-44(39,41(33)40)55-24-8-2)57-42(50)45-35-19-17-30(52-5)27-38(35)53-6/h8,17-20,25-27,29,32,39-41,48-49H,2,7,9-16,21-24,28H2,1,3-6H3,(H,45,50)/t29-,32+,39-,40+,41+,44+/m0/s1. The second-order valence-electron chi connectivity index (χ2n) is 14.7. The van der Waals surface area contributed by atoms with Gasteiger partial charge < -0.3 is 43.5 Å². The molecule has 1 aliphatic heterocycles. The minimum absolute atomic E-state index is 0.00435. The van der Waals surface area contributed by atoms with Crippen molar-refractivity contribution in [3.63, 3.8) is 0 Å². The third-order valence-electron chi connectivity index (χ3n) is 11.1. The van der Waals surface area contributed by atoms with Gasteiger partial charge in [-0.2, -0.15) is 0 Å². The number of anilines is 1. The molecule has 0 radical (unpaired) electrons. The first-order chi connectivity index (χ1) is 28.2. The Hall–Kier alpha value is -4.79. The Bertz CT molecular complexity index is 1770. The average Bonchev–Trinajstić information content (AvgIpc) is 3.22. The summed E-state index contributed by atoms with van der Waals surface area (Å²) in [4.78, 5) is 34.8. The van der Waals surface area contributed by atoms with Crippen LogP contribution in [0.25, 0.3) is 0 Å². The first-order valence-electron chi connectivity index (χ1n) is 20.6. The number of carbonyl (C=O) groups is 2. The molecule has 318 valence electrons. The largest absolute Gasteiger partial charge is 0.497 e. The van der Waals surface area contributed by atoms with Crippen molar-refractivity contribution >= 4 is 23.6 Å². The molecule has 1 saturated carbocycles. The number of benzene rings is 2. The van der Waals surface area contributed by atoms with Crippen LogP contribution in [0.15, 0.2) is 65.9 Å². The number of unbranched alkanes of at least 4 members (excludes halogenated alkanes) is 2. The molecule has 0 aromatic heterocycles. The molecule has 2 aromatic carbocycles. The van der Waals surface area contributed by atoms with Crippen LogP contribution < -0.4 is 24.3 Å². The van der Waals surface area contributed by atoms with E-state index in [1.165, 1.54) is 7.11 Å². The predicted octanol–water partition coefficient (Wildman–Crippen LogP) is 7.84. The van der Waals surface area contributed by atoms with Crippen molar-refractivity contribution in [1.29, 1.82) is 0 Å². The van der Waals surface area contributed by atoms with Crippen molar-refractivity contribution in [2.45, 2.75) is 89.9 Å². The van der Waals surface area contributed by atoms with Crippen molar-refractivity contribution < 1.29 is 53.1 Å². The van der Waals surface area contributed by atoms with Crippen LogP contribution in [-0.2, 0) is 14.3 Å². The van der Waals surface area contributed by atoms with E-state index in [9.17, 15) is 19.8 Å². The van der Waals surface area contributed by atoms with E-state index >= 15 is 0 Å². The van der Waals surface area contributed by atoms with E-state index < -0.39 is 29.9 Å². The second kappa shape index (κ2) is 21.3. The highest BCUT2D eigenvalue weighted by atomic mass is 16.7. The maximum Gasteiger partial charge on any atom is 0.417 e. The van der Waals surface area contributed by atoms with Crippen LogP contribution >= 0.6 is 0 Å². The Balaban J connectivity index is 1.70. The Morgan fingerprint density at radius 2 is 1.76 bits per heavy atom. The molecule has 5 rings (SSSR count). The average molecular weight is 808 g/mol. The fourth-order valence-corrected chi connectivity index (χ4v) is 8.82. The number of methoxy groups -OCH3 is 2. The van der Waals surface area contributed by atoms with E-state index in [4.69, 9.17) is 38.4 Å². The summed E-state index contributed by atoms with van der Waals surface area (Å²) in [6.45, 7) is 10.8. The minimum Gasteiger partial charge on any atom is -0.497 e. The second-order valence-corrected chi connectivity index (χ2v) is 14.7. The maximum atomic E-state index is 13.9. The van der Waals surface area contributed by atoms with Gasteiger partial charge in [-0.15, -0.1) is 6.58 Å². The number of fused-ring (bicyclic) bond motifs is 2. The van der Waals surface area contributed by atoms with Gasteiger partial charge in [-0.25, -0.2) is 9.59 Å². The van der Waals surface area contributed by atoms with Crippen LogP contribution in [0.1, 0.15) is 83.6 Å². The number of aliphatic hydroxyl groups excluding tert-OH is 2. The summed E-state index contributed by atoms with van der Waals surface area (Å²) in [6, 6.07) is 9.69. The van der Waals surface area contributed by atoms with Crippen molar-refractivity contribution in [2.75, 3.05) is 59.1 Å². The molecule has 0 unspecified atom stereocenters. The topological polar surface area (TPSA) is 167 Å². The van der Waals surface area contributed by atoms with E-state index in [1.807, 2.05) is 19.9 Å². The molecule has 1 heterocycles. The maximum absolute atomic E-state index is 13.9. The molecule has 14 nitrogen and oxygen atoms in total. The molecule has 1 fully saturated rings. The van der Waals surface area contributed by atoms with Gasteiger partial charge in [0.25, 0.3) is 0 Å². The zero-order valence-electron chi connectivity index (χ0n) is 34.6. The van der Waals surface area contributed by atoms with Crippen LogP contribution in [0.4, 0.5) is 15.3 Å². The van der Waals surface area contributed by atoms with Gasteiger partial charge in [-0.1, -0.05) is 37.1 Å². The fraction of sp³-hybridized carbons (Fsp3) is 0.568. The van der Waals surface area contributed by atoms with E-state index in [2.05, 4.69) is 18.0 Å². The Labute approximate surface area is 342 Å². The minimum atomic E-state index is -1.42. The molecule has 2 aliphatic carbocycles. The van der Waals surface area contributed by atoms with Gasteiger partial charge in [0, 0.05) is 43.7 Å². The molecule has 14 heteroatoms. The number of hydrogen-bond donors (Lipinski definition) is 3. The van der Waals surface area contributed by atoms with Crippen molar-refractivity contribution in [1.82, 2.24) is 4.90 Å². The quantitative estimate of drug-likeness (QED) is 0.0639. The lowest BCUT2D eigenvalue weighted by atomic mass is 9.55. The fourth-order valence-electron chi connectivity index (χ4n) is 8.82. The van der Waals surface area contributed by atoms with Crippen LogP contribution in [0.2, 0.25) is 0 Å². The number of oxime groups is 1. The summed E-state index contributed by atoms with van der Waals surface area (Å²) >= 11 is 0. The van der Waals surface area contributed by atoms with Gasteiger partial charge in [-0.3, -0.25) is 10.2 Å². The SMILES string of the molecule is C=CCO[C@@]12Oc3ccc(OC(=O)Nc4ccc(OC)cc4OC)cc3[C@H]3[C@H](CCCCO)[C@@H](CCCCO)C=C(C(=NOCC)C[C@@H]1N(CCC)C(=O)OCC)[C@H]32. The highest BCUT2D eigenvalue weighted by Crippen LogP contribution is 2.62. The van der Waals surface area contributed by atoms with E-state index in [1.54, 1.807) is 55.3 Å². The smallest absolute Gasteiger partial charge is 0.417 e.